The molecule has 4 aromatic carbocycles. The van der Waals surface area contributed by atoms with Crippen molar-refractivity contribution in [2.24, 2.45) is 0 Å². The van der Waals surface area contributed by atoms with E-state index in [1.807, 2.05) is 73.1 Å². The number of hydrogen-bond acceptors (Lipinski definition) is 5. The van der Waals surface area contributed by atoms with Crippen molar-refractivity contribution < 1.29 is 14.4 Å². The number of nitrogens with zero attached hydrogens (tertiary/aromatic N) is 4. The number of ketones is 3. The molecule has 0 fully saturated rings. The Morgan fingerprint density at radius 3 is 1.17 bits per heavy atom. The van der Waals surface area contributed by atoms with E-state index in [1.165, 1.54) is 0 Å². The highest BCUT2D eigenvalue weighted by Gasteiger charge is 2.13. The van der Waals surface area contributed by atoms with Crippen LogP contribution >= 0.6 is 0 Å². The van der Waals surface area contributed by atoms with E-state index in [2.05, 4.69) is 10.2 Å². The number of hydrogen-bond donors (Lipinski definition) is 0. The Balaban J connectivity index is 1.05. The summed E-state index contributed by atoms with van der Waals surface area (Å²) < 4.78 is 3.47. The Morgan fingerprint density at radius 2 is 0.833 bits per heavy atom. The third-order valence-corrected chi connectivity index (χ3v) is 7.08. The van der Waals surface area contributed by atoms with Gasteiger partial charge in [0.25, 0.3) is 0 Å². The van der Waals surface area contributed by atoms with Crippen molar-refractivity contribution in [3.63, 3.8) is 0 Å². The Kier molecular flexibility index (Phi) is 7.46. The summed E-state index contributed by atoms with van der Waals surface area (Å²) in [6.07, 6.45) is 7.59. The first-order valence-electron chi connectivity index (χ1n) is 13.5. The summed E-state index contributed by atoms with van der Waals surface area (Å²) in [5.74, 6) is -0.116. The molecule has 2 heterocycles. The third kappa shape index (κ3) is 5.90. The number of Topliss-reactive ketones (excluding diaryl/α,β-unsaturated/α-hetero) is 2. The minimum Gasteiger partial charge on any atom is -0.294 e. The molecule has 0 N–H and O–H groups in total. The Bertz CT molecular complexity index is 1680. The van der Waals surface area contributed by atoms with Gasteiger partial charge in [-0.1, -0.05) is 48.5 Å². The van der Waals surface area contributed by atoms with Gasteiger partial charge in [-0.3, -0.25) is 14.4 Å². The second-order valence-electron chi connectivity index (χ2n) is 9.92. The molecule has 0 radical (unpaired) electrons. The highest BCUT2D eigenvalue weighted by atomic mass is 16.1. The maximum atomic E-state index is 13.1. The molecule has 0 unspecified atom stereocenters. The topological polar surface area (TPSA) is 86.9 Å². The number of benzene rings is 4. The molecule has 0 bridgehead atoms. The van der Waals surface area contributed by atoms with Crippen LogP contribution in [-0.4, -0.2) is 36.9 Å². The summed E-state index contributed by atoms with van der Waals surface area (Å²) >= 11 is 0. The smallest absolute Gasteiger partial charge is 0.193 e. The Morgan fingerprint density at radius 1 is 0.476 bits per heavy atom. The van der Waals surface area contributed by atoms with Gasteiger partial charge in [0.15, 0.2) is 17.3 Å². The fourth-order valence-corrected chi connectivity index (χ4v) is 4.73. The molecular weight excluding hydrogens is 524 g/mol. The maximum Gasteiger partial charge on any atom is 0.193 e. The fraction of sp³-hybridized carbons (Fsp3) is 0.0571. The second kappa shape index (κ2) is 11.8. The molecule has 0 aliphatic heterocycles. The van der Waals surface area contributed by atoms with Gasteiger partial charge in [0, 0.05) is 59.9 Å². The summed E-state index contributed by atoms with van der Waals surface area (Å²) in [5.41, 5.74) is 5.75. The zero-order valence-corrected chi connectivity index (χ0v) is 22.6. The molecule has 0 saturated heterocycles. The normalized spacial score (nSPS) is 10.9. The first-order chi connectivity index (χ1) is 20.5. The van der Waals surface area contributed by atoms with E-state index in [0.29, 0.717) is 22.3 Å². The molecule has 6 aromatic rings. The molecule has 0 aliphatic rings. The molecule has 2 aromatic heterocycles. The van der Waals surface area contributed by atoms with Crippen LogP contribution in [0.15, 0.2) is 134 Å². The lowest BCUT2D eigenvalue weighted by Gasteiger charge is -2.07. The van der Waals surface area contributed by atoms with E-state index in [4.69, 9.17) is 0 Å². The summed E-state index contributed by atoms with van der Waals surface area (Å²) in [7, 11) is 0. The predicted octanol–water partition coefficient (Wildman–Crippen LogP) is 6.14. The van der Waals surface area contributed by atoms with Crippen molar-refractivity contribution >= 4 is 17.3 Å². The molecule has 7 nitrogen and oxygen atoms in total. The van der Waals surface area contributed by atoms with E-state index in [9.17, 15) is 14.4 Å². The van der Waals surface area contributed by atoms with Gasteiger partial charge in [-0.05, 0) is 71.8 Å². The van der Waals surface area contributed by atoms with Crippen molar-refractivity contribution in [1.82, 2.24) is 19.6 Å². The monoisotopic (exact) mass is 550 g/mol. The quantitative estimate of drug-likeness (QED) is 0.191. The maximum absolute atomic E-state index is 13.1. The third-order valence-electron chi connectivity index (χ3n) is 7.08. The lowest BCUT2D eigenvalue weighted by atomic mass is 9.97. The molecule has 6 rings (SSSR count). The fourth-order valence-electron chi connectivity index (χ4n) is 4.73. The van der Waals surface area contributed by atoms with E-state index in [0.717, 1.165) is 22.5 Å². The molecule has 0 spiro atoms. The first kappa shape index (κ1) is 26.5. The van der Waals surface area contributed by atoms with Crippen molar-refractivity contribution in [2.45, 2.75) is 12.8 Å². The Hall–Kier alpha value is -5.69. The highest BCUT2D eigenvalue weighted by molar-refractivity contribution is 6.09. The van der Waals surface area contributed by atoms with Crippen LogP contribution in [-0.2, 0) is 12.8 Å². The van der Waals surface area contributed by atoms with Crippen molar-refractivity contribution in [3.8, 4) is 11.4 Å². The van der Waals surface area contributed by atoms with Crippen LogP contribution in [0.5, 0.6) is 0 Å². The van der Waals surface area contributed by atoms with Crippen molar-refractivity contribution in [3.05, 3.63) is 167 Å². The molecule has 0 amide bonds. The SMILES string of the molecule is O=C(Cc1ccc(C(=O)c2ccc(CC(=O)c3ccc(-n4cccn4)cc3)cc2)cc1)c1ccc(-n2cccn2)cc1. The summed E-state index contributed by atoms with van der Waals surface area (Å²) in [4.78, 5) is 38.7. The molecule has 0 saturated carbocycles. The van der Waals surface area contributed by atoms with E-state index >= 15 is 0 Å². The average Bonchev–Trinajstić information content (AvgIpc) is 3.77. The predicted molar refractivity (Wildman–Crippen MR) is 160 cm³/mol. The lowest BCUT2D eigenvalue weighted by molar-refractivity contribution is 0.0984. The highest BCUT2D eigenvalue weighted by Crippen LogP contribution is 2.17. The van der Waals surface area contributed by atoms with Crippen molar-refractivity contribution in [2.75, 3.05) is 0 Å². The standard InChI is InChI=1S/C35H26N4O3/c40-33(27-11-15-31(16-12-27)38-21-1-19-36-38)23-25-3-7-29(8-4-25)35(42)30-9-5-26(6-10-30)24-34(41)28-13-17-32(18-14-28)39-22-2-20-37-39/h1-22H,23-24H2. The molecule has 0 atom stereocenters. The lowest BCUT2D eigenvalue weighted by Crippen LogP contribution is -2.06. The zero-order valence-electron chi connectivity index (χ0n) is 22.6. The van der Waals surface area contributed by atoms with Crippen LogP contribution in [0, 0.1) is 0 Å². The molecule has 7 heteroatoms. The molecule has 204 valence electrons. The number of carbonyl (C=O) groups excluding carboxylic acids is 3. The summed E-state index contributed by atoms with van der Waals surface area (Å²) in [5, 5.41) is 8.40. The van der Waals surface area contributed by atoms with Gasteiger partial charge in [0.2, 0.25) is 0 Å². The van der Waals surface area contributed by atoms with Gasteiger partial charge in [-0.25, -0.2) is 9.36 Å². The number of rotatable bonds is 10. The van der Waals surface area contributed by atoms with Crippen LogP contribution in [0.25, 0.3) is 11.4 Å². The van der Waals surface area contributed by atoms with Crippen molar-refractivity contribution in [1.29, 1.82) is 0 Å². The van der Waals surface area contributed by atoms with Crippen LogP contribution < -0.4 is 0 Å². The Labute approximate surface area is 242 Å². The molecule has 42 heavy (non-hydrogen) atoms. The minimum absolute atomic E-state index is 0.0000731. The zero-order chi connectivity index (χ0) is 28.9. The van der Waals surface area contributed by atoms with E-state index < -0.39 is 0 Å². The summed E-state index contributed by atoms with van der Waals surface area (Å²) in [6.45, 7) is 0. The van der Waals surface area contributed by atoms with Gasteiger partial charge >= 0.3 is 0 Å². The number of carbonyl (C=O) groups is 3. The minimum atomic E-state index is -0.117. The largest absolute Gasteiger partial charge is 0.294 e. The van der Waals surface area contributed by atoms with Crippen LogP contribution in [0.4, 0.5) is 0 Å². The van der Waals surface area contributed by atoms with E-state index in [-0.39, 0.29) is 30.2 Å². The summed E-state index contributed by atoms with van der Waals surface area (Å²) in [6, 6.07) is 32.6. The van der Waals surface area contributed by atoms with E-state index in [1.54, 1.807) is 70.3 Å². The van der Waals surface area contributed by atoms with Crippen LogP contribution in [0.2, 0.25) is 0 Å². The van der Waals surface area contributed by atoms with Gasteiger partial charge in [-0.2, -0.15) is 10.2 Å². The average molecular weight is 551 g/mol. The van der Waals surface area contributed by atoms with Crippen LogP contribution in [0.1, 0.15) is 47.8 Å². The molecular formula is C35H26N4O3. The van der Waals surface area contributed by atoms with Gasteiger partial charge in [0.1, 0.15) is 0 Å². The second-order valence-corrected chi connectivity index (χ2v) is 9.92. The molecule has 0 aliphatic carbocycles. The van der Waals surface area contributed by atoms with Gasteiger partial charge < -0.3 is 0 Å². The first-order valence-corrected chi connectivity index (χ1v) is 13.5. The van der Waals surface area contributed by atoms with Crippen LogP contribution in [0.3, 0.4) is 0 Å². The number of aromatic nitrogens is 4. The van der Waals surface area contributed by atoms with Gasteiger partial charge in [0.05, 0.1) is 11.4 Å². The van der Waals surface area contributed by atoms with Gasteiger partial charge in [-0.15, -0.1) is 0 Å².